The summed E-state index contributed by atoms with van der Waals surface area (Å²) in [5.41, 5.74) is 9.12. The van der Waals surface area contributed by atoms with Crippen molar-refractivity contribution in [2.45, 2.75) is 46.1 Å². The Kier molecular flexibility index (Phi) is 4.68. The highest BCUT2D eigenvalue weighted by Crippen LogP contribution is 2.30. The first-order chi connectivity index (χ1) is 9.99. The molecular formula is C17H24N2O2. The van der Waals surface area contributed by atoms with Crippen LogP contribution in [-0.2, 0) is 13.0 Å². The zero-order valence-corrected chi connectivity index (χ0v) is 13.0. The fourth-order valence-corrected chi connectivity index (χ4v) is 2.77. The zero-order chi connectivity index (χ0) is 15.6. The molecule has 4 heteroatoms. The van der Waals surface area contributed by atoms with Crippen LogP contribution in [0.3, 0.4) is 0 Å². The van der Waals surface area contributed by atoms with Crippen LogP contribution in [0.15, 0.2) is 18.3 Å². The molecule has 0 atom stereocenters. The third kappa shape index (κ3) is 2.95. The van der Waals surface area contributed by atoms with Crippen LogP contribution in [0.4, 0.5) is 0 Å². The lowest BCUT2D eigenvalue weighted by Gasteiger charge is -2.10. The number of hydrogen-bond donors (Lipinski definition) is 2. The van der Waals surface area contributed by atoms with Gasteiger partial charge in [0, 0.05) is 18.1 Å². The molecule has 0 saturated heterocycles. The van der Waals surface area contributed by atoms with E-state index in [4.69, 9.17) is 5.73 Å². The van der Waals surface area contributed by atoms with E-state index in [1.165, 1.54) is 5.56 Å². The summed E-state index contributed by atoms with van der Waals surface area (Å²) in [5, 5.41) is 10.6. The lowest BCUT2D eigenvalue weighted by Crippen LogP contribution is -2.04. The minimum Gasteiger partial charge on any atom is -0.478 e. The molecule has 1 heterocycles. The predicted octanol–water partition coefficient (Wildman–Crippen LogP) is 3.37. The first-order valence-electron chi connectivity index (χ1n) is 7.58. The molecule has 0 aliphatic rings. The van der Waals surface area contributed by atoms with E-state index in [0.29, 0.717) is 18.0 Å². The maximum atomic E-state index is 11.6. The number of carbonyl (C=O) groups is 1. The summed E-state index contributed by atoms with van der Waals surface area (Å²) in [6, 6.07) is 3.96. The Morgan fingerprint density at radius 2 is 2.10 bits per heavy atom. The molecular weight excluding hydrogens is 264 g/mol. The second-order valence-corrected chi connectivity index (χ2v) is 5.76. The van der Waals surface area contributed by atoms with Crippen LogP contribution in [0.1, 0.15) is 54.6 Å². The van der Waals surface area contributed by atoms with Crippen molar-refractivity contribution in [2.24, 2.45) is 5.73 Å². The van der Waals surface area contributed by atoms with Crippen molar-refractivity contribution in [3.05, 3.63) is 35.0 Å². The van der Waals surface area contributed by atoms with Crippen LogP contribution in [0.5, 0.6) is 0 Å². The van der Waals surface area contributed by atoms with Gasteiger partial charge in [0.25, 0.3) is 0 Å². The van der Waals surface area contributed by atoms with E-state index in [2.05, 4.69) is 26.1 Å². The highest BCUT2D eigenvalue weighted by atomic mass is 16.4. The largest absolute Gasteiger partial charge is 0.478 e. The van der Waals surface area contributed by atoms with Gasteiger partial charge >= 0.3 is 5.97 Å². The lowest BCUT2D eigenvalue weighted by atomic mass is 9.96. The molecule has 0 amide bonds. The van der Waals surface area contributed by atoms with Gasteiger partial charge in [-0.1, -0.05) is 13.8 Å². The number of rotatable bonds is 6. The fraction of sp³-hybridized carbons (Fsp3) is 0.471. The van der Waals surface area contributed by atoms with Gasteiger partial charge in [0.2, 0.25) is 0 Å². The van der Waals surface area contributed by atoms with Crippen molar-refractivity contribution in [3.63, 3.8) is 0 Å². The molecule has 0 aliphatic carbocycles. The molecule has 0 unspecified atom stereocenters. The number of aromatic carboxylic acids is 1. The minimum atomic E-state index is -0.860. The predicted molar refractivity (Wildman–Crippen MR) is 86.0 cm³/mol. The normalized spacial score (nSPS) is 11.5. The van der Waals surface area contributed by atoms with Gasteiger partial charge in [0.1, 0.15) is 0 Å². The Morgan fingerprint density at radius 1 is 1.38 bits per heavy atom. The van der Waals surface area contributed by atoms with Crippen molar-refractivity contribution in [1.29, 1.82) is 0 Å². The minimum absolute atomic E-state index is 0.305. The number of hydrogen-bond acceptors (Lipinski definition) is 2. The molecule has 0 saturated carbocycles. The maximum absolute atomic E-state index is 11.6. The summed E-state index contributed by atoms with van der Waals surface area (Å²) in [5.74, 6) is -0.555. The number of nitrogens with two attached hydrogens (primary N) is 1. The van der Waals surface area contributed by atoms with Crippen molar-refractivity contribution in [2.75, 3.05) is 6.54 Å². The molecule has 114 valence electrons. The standard InChI is InChI=1S/C17H24N2O2/c1-4-19-10-12(6-5-7-18)14-8-13(11(2)3)9-15(16(14)19)17(20)21/h8-11H,4-7,18H2,1-3H3,(H,20,21). The molecule has 21 heavy (non-hydrogen) atoms. The SMILES string of the molecule is CCn1cc(CCCN)c2cc(C(C)C)cc(C(=O)O)c21. The quantitative estimate of drug-likeness (QED) is 0.856. The Hall–Kier alpha value is -1.81. The number of fused-ring (bicyclic) bond motifs is 1. The zero-order valence-electron chi connectivity index (χ0n) is 13.0. The Labute approximate surface area is 125 Å². The fourth-order valence-electron chi connectivity index (χ4n) is 2.77. The van der Waals surface area contributed by atoms with E-state index in [1.807, 2.05) is 17.6 Å². The number of carboxylic acid groups (broad SMARTS) is 1. The average Bonchev–Trinajstić information content (AvgIpc) is 2.81. The Balaban J connectivity index is 2.74. The van der Waals surface area contributed by atoms with Gasteiger partial charge in [-0.3, -0.25) is 0 Å². The molecule has 0 aliphatic heterocycles. The summed E-state index contributed by atoms with van der Waals surface area (Å²) in [6.07, 6.45) is 3.88. The van der Waals surface area contributed by atoms with Crippen LogP contribution in [-0.4, -0.2) is 22.2 Å². The summed E-state index contributed by atoms with van der Waals surface area (Å²) in [6.45, 7) is 7.62. The second-order valence-electron chi connectivity index (χ2n) is 5.76. The molecule has 1 aromatic heterocycles. The van der Waals surface area contributed by atoms with Gasteiger partial charge in [0.05, 0.1) is 11.1 Å². The first-order valence-corrected chi connectivity index (χ1v) is 7.58. The van der Waals surface area contributed by atoms with Gasteiger partial charge in [-0.05, 0) is 55.5 Å². The van der Waals surface area contributed by atoms with Gasteiger partial charge in [-0.2, -0.15) is 0 Å². The van der Waals surface area contributed by atoms with Gasteiger partial charge in [-0.25, -0.2) is 4.79 Å². The van der Waals surface area contributed by atoms with Gasteiger partial charge < -0.3 is 15.4 Å². The molecule has 4 nitrogen and oxygen atoms in total. The van der Waals surface area contributed by atoms with Gasteiger partial charge in [0.15, 0.2) is 0 Å². The molecule has 0 fully saturated rings. The van der Waals surface area contributed by atoms with Crippen molar-refractivity contribution in [1.82, 2.24) is 4.57 Å². The molecule has 2 rings (SSSR count). The highest BCUT2D eigenvalue weighted by molar-refractivity contribution is 6.04. The summed E-state index contributed by atoms with van der Waals surface area (Å²) in [4.78, 5) is 11.6. The van der Waals surface area contributed by atoms with E-state index in [1.54, 1.807) is 0 Å². The smallest absolute Gasteiger partial charge is 0.337 e. The Bertz CT molecular complexity index is 656. The van der Waals surface area contributed by atoms with E-state index in [9.17, 15) is 9.90 Å². The monoisotopic (exact) mass is 288 g/mol. The summed E-state index contributed by atoms with van der Waals surface area (Å²) in [7, 11) is 0. The average molecular weight is 288 g/mol. The summed E-state index contributed by atoms with van der Waals surface area (Å²) < 4.78 is 2.04. The first kappa shape index (κ1) is 15.6. The molecule has 3 N–H and O–H groups in total. The van der Waals surface area contributed by atoms with E-state index >= 15 is 0 Å². The third-order valence-corrected chi connectivity index (χ3v) is 3.97. The van der Waals surface area contributed by atoms with Crippen LogP contribution in [0.2, 0.25) is 0 Å². The van der Waals surface area contributed by atoms with E-state index in [-0.39, 0.29) is 0 Å². The van der Waals surface area contributed by atoms with E-state index < -0.39 is 5.97 Å². The maximum Gasteiger partial charge on any atom is 0.337 e. The lowest BCUT2D eigenvalue weighted by molar-refractivity contribution is 0.0698. The van der Waals surface area contributed by atoms with Crippen molar-refractivity contribution in [3.8, 4) is 0 Å². The molecule has 0 bridgehead atoms. The Morgan fingerprint density at radius 3 is 2.62 bits per heavy atom. The number of nitrogens with zero attached hydrogens (tertiary/aromatic N) is 1. The number of benzene rings is 1. The van der Waals surface area contributed by atoms with E-state index in [0.717, 1.165) is 35.9 Å². The van der Waals surface area contributed by atoms with Crippen LogP contribution >= 0.6 is 0 Å². The number of aryl methyl sites for hydroxylation is 2. The third-order valence-electron chi connectivity index (χ3n) is 3.97. The van der Waals surface area contributed by atoms with Crippen molar-refractivity contribution < 1.29 is 9.90 Å². The van der Waals surface area contributed by atoms with Crippen molar-refractivity contribution >= 4 is 16.9 Å². The second kappa shape index (κ2) is 6.31. The highest BCUT2D eigenvalue weighted by Gasteiger charge is 2.18. The number of carboxylic acids is 1. The van der Waals surface area contributed by atoms with Crippen LogP contribution in [0, 0.1) is 0 Å². The van der Waals surface area contributed by atoms with Crippen LogP contribution in [0.25, 0.3) is 10.9 Å². The van der Waals surface area contributed by atoms with Crippen LogP contribution < -0.4 is 5.73 Å². The molecule has 2 aromatic rings. The number of aromatic nitrogens is 1. The molecule has 0 radical (unpaired) electrons. The molecule has 0 spiro atoms. The van der Waals surface area contributed by atoms with Gasteiger partial charge in [-0.15, -0.1) is 0 Å². The summed E-state index contributed by atoms with van der Waals surface area (Å²) >= 11 is 0. The topological polar surface area (TPSA) is 68.2 Å². The molecule has 1 aromatic carbocycles.